The highest BCUT2D eigenvalue weighted by Gasteiger charge is 2.41. The van der Waals surface area contributed by atoms with Gasteiger partial charge in [-0.25, -0.2) is 0 Å². The van der Waals surface area contributed by atoms with Gasteiger partial charge in [0.15, 0.2) is 5.69 Å². The van der Waals surface area contributed by atoms with Crippen LogP contribution in [0.5, 0.6) is 0 Å². The third-order valence-corrected chi connectivity index (χ3v) is 4.41. The molecule has 0 bridgehead atoms. The summed E-state index contributed by atoms with van der Waals surface area (Å²) >= 11 is 0. The van der Waals surface area contributed by atoms with Crippen LogP contribution in [-0.4, -0.2) is 32.0 Å². The first-order valence-corrected chi connectivity index (χ1v) is 8.34. The summed E-state index contributed by atoms with van der Waals surface area (Å²) in [6.45, 7) is 2.63. The molecule has 2 aromatic rings. The number of hydrogen-bond donors (Lipinski definition) is 1. The average molecular weight is 355 g/mol. The third-order valence-electron chi connectivity index (χ3n) is 4.41. The molecule has 0 aromatic carbocycles. The Hall–Kier alpha value is -2.32. The van der Waals surface area contributed by atoms with Gasteiger partial charge in [0, 0.05) is 30.2 Å². The van der Waals surface area contributed by atoms with Crippen LogP contribution < -0.4 is 5.32 Å². The molecule has 25 heavy (non-hydrogen) atoms. The predicted molar refractivity (Wildman–Crippen MR) is 83.8 cm³/mol. The van der Waals surface area contributed by atoms with Crippen LogP contribution in [0.4, 0.5) is 13.2 Å². The Balaban J connectivity index is 1.75. The van der Waals surface area contributed by atoms with Crippen molar-refractivity contribution in [3.63, 3.8) is 0 Å². The van der Waals surface area contributed by atoms with Gasteiger partial charge in [0.2, 0.25) is 5.91 Å². The number of rotatable bonds is 6. The van der Waals surface area contributed by atoms with E-state index in [9.17, 15) is 18.0 Å². The largest absolute Gasteiger partial charge is 0.435 e. The summed E-state index contributed by atoms with van der Waals surface area (Å²) in [5, 5.41) is 10.6. The molecule has 2 aromatic heterocycles. The maximum Gasteiger partial charge on any atom is 0.435 e. The number of aromatic nitrogens is 4. The molecule has 1 amide bonds. The number of halogens is 3. The number of hydrogen-bond acceptors (Lipinski definition) is 3. The van der Waals surface area contributed by atoms with E-state index in [0.717, 1.165) is 0 Å². The molecule has 0 saturated carbocycles. The quantitative estimate of drug-likeness (QED) is 0.865. The zero-order valence-electron chi connectivity index (χ0n) is 13.9. The average Bonchev–Trinajstić information content (AvgIpc) is 3.24. The summed E-state index contributed by atoms with van der Waals surface area (Å²) in [5.41, 5.74) is -0.0560. The smallest absolute Gasteiger partial charge is 0.352 e. The van der Waals surface area contributed by atoms with Crippen molar-refractivity contribution in [1.82, 2.24) is 24.9 Å². The Morgan fingerprint density at radius 1 is 1.40 bits per heavy atom. The van der Waals surface area contributed by atoms with Crippen molar-refractivity contribution in [2.75, 3.05) is 6.54 Å². The van der Waals surface area contributed by atoms with Crippen LogP contribution >= 0.6 is 0 Å². The zero-order valence-corrected chi connectivity index (χ0v) is 13.9. The van der Waals surface area contributed by atoms with E-state index in [0.29, 0.717) is 44.5 Å². The molecule has 1 aliphatic carbocycles. The number of carbonyl (C=O) groups is 1. The topological polar surface area (TPSA) is 64.7 Å². The molecule has 0 unspecified atom stereocenters. The summed E-state index contributed by atoms with van der Waals surface area (Å²) in [6, 6.07) is 1.04. The van der Waals surface area contributed by atoms with E-state index in [-0.39, 0.29) is 11.5 Å². The minimum Gasteiger partial charge on any atom is -0.352 e. The molecule has 136 valence electrons. The molecule has 6 nitrogen and oxygen atoms in total. The summed E-state index contributed by atoms with van der Waals surface area (Å²) in [5.74, 6) is -0.319. The number of carbonyl (C=O) groups excluding carboxylic acids is 1. The highest BCUT2D eigenvalue weighted by molar-refractivity contribution is 5.80. The Bertz CT molecular complexity index is 736. The molecule has 0 spiro atoms. The Kier molecular flexibility index (Phi) is 4.82. The summed E-state index contributed by atoms with van der Waals surface area (Å²) in [7, 11) is 0. The van der Waals surface area contributed by atoms with Gasteiger partial charge in [-0.15, -0.1) is 0 Å². The summed E-state index contributed by atoms with van der Waals surface area (Å²) < 4.78 is 42.6. The lowest BCUT2D eigenvalue weighted by atomic mass is 10.1. The molecule has 0 aliphatic heterocycles. The lowest BCUT2D eigenvalue weighted by Gasteiger charge is -2.18. The second-order valence-corrected chi connectivity index (χ2v) is 6.05. The van der Waals surface area contributed by atoms with Gasteiger partial charge in [-0.05, 0) is 31.7 Å². The van der Waals surface area contributed by atoms with Gasteiger partial charge < -0.3 is 5.32 Å². The van der Waals surface area contributed by atoms with Crippen molar-refractivity contribution >= 4 is 5.91 Å². The zero-order chi connectivity index (χ0) is 18.0. The van der Waals surface area contributed by atoms with Crippen molar-refractivity contribution in [1.29, 1.82) is 0 Å². The molecule has 9 heteroatoms. The Labute approximate surface area is 143 Å². The molecule has 2 heterocycles. The highest BCUT2D eigenvalue weighted by atomic mass is 19.4. The van der Waals surface area contributed by atoms with E-state index in [1.165, 1.54) is 4.68 Å². The predicted octanol–water partition coefficient (Wildman–Crippen LogP) is 2.35. The van der Waals surface area contributed by atoms with Crippen molar-refractivity contribution in [3.8, 4) is 0 Å². The molecule has 0 fully saturated rings. The van der Waals surface area contributed by atoms with Gasteiger partial charge in [-0.2, -0.15) is 23.4 Å². The molecule has 3 rings (SSSR count). The molecule has 0 saturated heterocycles. The lowest BCUT2D eigenvalue weighted by molar-refractivity contribution is -0.142. The van der Waals surface area contributed by atoms with Crippen LogP contribution in [0.25, 0.3) is 0 Å². The number of alkyl halides is 3. The van der Waals surface area contributed by atoms with Crippen molar-refractivity contribution in [2.24, 2.45) is 0 Å². The van der Waals surface area contributed by atoms with Gasteiger partial charge in [-0.1, -0.05) is 6.92 Å². The molecule has 1 atom stereocenters. The fraction of sp³-hybridized carbons (Fsp3) is 0.562. The van der Waals surface area contributed by atoms with E-state index in [2.05, 4.69) is 15.5 Å². The van der Waals surface area contributed by atoms with Crippen LogP contribution in [-0.2, 0) is 30.4 Å². The van der Waals surface area contributed by atoms with E-state index in [1.807, 2.05) is 0 Å². The normalized spacial score (nSPS) is 15.2. The van der Waals surface area contributed by atoms with Gasteiger partial charge in [-0.3, -0.25) is 14.2 Å². The first-order chi connectivity index (χ1) is 11.9. The molecule has 0 radical (unpaired) electrons. The molecular formula is C16H20F3N5O. The second-order valence-electron chi connectivity index (χ2n) is 6.05. The fourth-order valence-electron chi connectivity index (χ4n) is 3.26. The van der Waals surface area contributed by atoms with Gasteiger partial charge in [0.25, 0.3) is 0 Å². The Morgan fingerprint density at radius 3 is 2.84 bits per heavy atom. The van der Waals surface area contributed by atoms with Crippen LogP contribution in [0.1, 0.15) is 42.8 Å². The SMILES string of the molecule is CC[C@H](C(=O)NCCn1cccn1)n1nc(C(F)(F)F)c2c1CCC2. The minimum atomic E-state index is -4.49. The third kappa shape index (κ3) is 3.54. The number of fused-ring (bicyclic) bond motifs is 1. The van der Waals surface area contributed by atoms with E-state index < -0.39 is 17.9 Å². The maximum atomic E-state index is 13.2. The maximum absolute atomic E-state index is 13.2. The van der Waals surface area contributed by atoms with E-state index in [1.54, 1.807) is 30.1 Å². The van der Waals surface area contributed by atoms with Crippen LogP contribution in [0.2, 0.25) is 0 Å². The number of nitrogens with zero attached hydrogens (tertiary/aromatic N) is 4. The van der Waals surface area contributed by atoms with Gasteiger partial charge >= 0.3 is 6.18 Å². The summed E-state index contributed by atoms with van der Waals surface area (Å²) in [4.78, 5) is 12.5. The van der Waals surface area contributed by atoms with Crippen molar-refractivity contribution in [2.45, 2.75) is 51.4 Å². The number of amides is 1. The second kappa shape index (κ2) is 6.89. The molecular weight excluding hydrogens is 335 g/mol. The monoisotopic (exact) mass is 355 g/mol. The van der Waals surface area contributed by atoms with Crippen LogP contribution in [0, 0.1) is 0 Å². The van der Waals surface area contributed by atoms with Crippen LogP contribution in [0.3, 0.4) is 0 Å². The Morgan fingerprint density at radius 2 is 2.20 bits per heavy atom. The van der Waals surface area contributed by atoms with Gasteiger partial charge in [0.05, 0.1) is 6.54 Å². The number of nitrogens with one attached hydrogen (secondary N) is 1. The standard InChI is InChI=1S/C16H20F3N5O/c1-2-12(15(25)20-8-10-23-9-4-7-21-23)24-13-6-3-5-11(13)14(22-24)16(17,18)19/h4,7,9,12H,2-3,5-6,8,10H2,1H3,(H,20,25)/t12-/m1/s1. The fourth-order valence-corrected chi connectivity index (χ4v) is 3.26. The van der Waals surface area contributed by atoms with Crippen LogP contribution in [0.15, 0.2) is 18.5 Å². The molecule has 1 N–H and O–H groups in total. The van der Waals surface area contributed by atoms with Crippen molar-refractivity contribution in [3.05, 3.63) is 35.4 Å². The first kappa shape index (κ1) is 17.5. The minimum absolute atomic E-state index is 0.246. The van der Waals surface area contributed by atoms with Gasteiger partial charge in [0.1, 0.15) is 6.04 Å². The summed E-state index contributed by atoms with van der Waals surface area (Å²) in [6.07, 6.45) is 0.847. The lowest BCUT2D eigenvalue weighted by Crippen LogP contribution is -2.35. The molecule has 1 aliphatic rings. The van der Waals surface area contributed by atoms with E-state index in [4.69, 9.17) is 0 Å². The van der Waals surface area contributed by atoms with E-state index >= 15 is 0 Å². The first-order valence-electron chi connectivity index (χ1n) is 8.34. The van der Waals surface area contributed by atoms with Crippen molar-refractivity contribution < 1.29 is 18.0 Å². The highest BCUT2D eigenvalue weighted by Crippen LogP contribution is 2.37.